The van der Waals surface area contributed by atoms with E-state index in [1.165, 1.54) is 72.1 Å². The van der Waals surface area contributed by atoms with Crippen molar-refractivity contribution in [1.29, 1.82) is 0 Å². The minimum Gasteiger partial charge on any atom is -0.109 e. The van der Waals surface area contributed by atoms with Gasteiger partial charge in [0.05, 0.1) is 5.41 Å². The van der Waals surface area contributed by atoms with Crippen molar-refractivity contribution in [2.45, 2.75) is 66.2 Å². The molecule has 0 saturated carbocycles. The van der Waals surface area contributed by atoms with Gasteiger partial charge < -0.3 is 0 Å². The summed E-state index contributed by atoms with van der Waals surface area (Å²) in [5.74, 6) is 0.196. The molecule has 0 aliphatic heterocycles. The van der Waals surface area contributed by atoms with E-state index in [9.17, 15) is 0 Å². The molecule has 49 heavy (non-hydrogen) atoms. The third kappa shape index (κ3) is 6.00. The number of fused-ring (bicyclic) bond motifs is 1. The van der Waals surface area contributed by atoms with Crippen molar-refractivity contribution in [2.24, 2.45) is 11.3 Å². The van der Waals surface area contributed by atoms with Gasteiger partial charge in [0.15, 0.2) is 0 Å². The summed E-state index contributed by atoms with van der Waals surface area (Å²) in [6.07, 6.45) is 14.3. The van der Waals surface area contributed by atoms with Crippen LogP contribution >= 0.6 is 9.24 Å². The Hall–Kier alpha value is -4.25. The Labute approximate surface area is 298 Å². The van der Waals surface area contributed by atoms with Gasteiger partial charge in [0.2, 0.25) is 0 Å². The number of aryl methyl sites for hydroxylation is 1. The predicted octanol–water partition coefficient (Wildman–Crippen LogP) is 12.8. The van der Waals surface area contributed by atoms with Gasteiger partial charge in [-0.25, -0.2) is 0 Å². The van der Waals surface area contributed by atoms with E-state index in [0.29, 0.717) is 0 Å². The molecule has 4 atom stereocenters. The smallest absolute Gasteiger partial charge is 0.0516 e. The summed E-state index contributed by atoms with van der Waals surface area (Å²) in [4.78, 5) is 0. The maximum atomic E-state index is 4.30. The zero-order chi connectivity index (χ0) is 34.8. The second-order valence-corrected chi connectivity index (χ2v) is 14.9. The van der Waals surface area contributed by atoms with Crippen LogP contribution in [0.2, 0.25) is 0 Å². The Morgan fingerprint density at radius 2 is 1.57 bits per heavy atom. The Balaban J connectivity index is 1.53. The van der Waals surface area contributed by atoms with Crippen LogP contribution in [0.15, 0.2) is 162 Å². The van der Waals surface area contributed by atoms with Crippen LogP contribution in [0.1, 0.15) is 80.0 Å². The minimum absolute atomic E-state index is 0.196. The first kappa shape index (κ1) is 34.6. The molecule has 6 rings (SSSR count). The van der Waals surface area contributed by atoms with Gasteiger partial charge in [-0.05, 0) is 125 Å². The molecule has 0 aromatic heterocycles. The zero-order valence-corrected chi connectivity index (χ0v) is 31.3. The first-order valence-corrected chi connectivity index (χ1v) is 18.4. The Kier molecular flexibility index (Phi) is 10.1. The molecule has 0 nitrogen and oxygen atoms in total. The monoisotopic (exact) mass is 658 g/mol. The fraction of sp³-hybridized carbons (Fsp3) is 0.250. The van der Waals surface area contributed by atoms with Crippen LogP contribution in [-0.2, 0) is 18.3 Å². The normalized spacial score (nSPS) is 20.3. The lowest BCUT2D eigenvalue weighted by atomic mass is 9.50. The van der Waals surface area contributed by atoms with Crippen LogP contribution in [0, 0.1) is 18.3 Å². The Morgan fingerprint density at radius 1 is 0.898 bits per heavy atom. The molecule has 0 amide bonds. The van der Waals surface area contributed by atoms with Crippen molar-refractivity contribution in [3.05, 3.63) is 201 Å². The lowest BCUT2D eigenvalue weighted by Gasteiger charge is -2.52. The summed E-state index contributed by atoms with van der Waals surface area (Å²) in [6.45, 7) is 18.1. The van der Waals surface area contributed by atoms with E-state index in [-0.39, 0.29) is 11.3 Å². The number of rotatable bonds is 10. The van der Waals surface area contributed by atoms with Crippen LogP contribution in [0.5, 0.6) is 0 Å². The van der Waals surface area contributed by atoms with Gasteiger partial charge >= 0.3 is 0 Å². The van der Waals surface area contributed by atoms with Gasteiger partial charge in [-0.1, -0.05) is 141 Å². The predicted molar refractivity (Wildman–Crippen MR) is 217 cm³/mol. The lowest BCUT2D eigenvalue weighted by Crippen LogP contribution is -2.47. The molecule has 4 unspecified atom stereocenters. The average Bonchev–Trinajstić information content (AvgIpc) is 3.63. The summed E-state index contributed by atoms with van der Waals surface area (Å²) in [6, 6.07) is 38.4. The highest BCUT2D eigenvalue weighted by Gasteiger charge is 2.54. The van der Waals surface area contributed by atoms with Gasteiger partial charge in [0.1, 0.15) is 0 Å². The second kappa shape index (κ2) is 14.3. The minimum atomic E-state index is -0.426. The van der Waals surface area contributed by atoms with E-state index in [2.05, 4.69) is 191 Å². The van der Waals surface area contributed by atoms with Gasteiger partial charge in [-0.15, -0.1) is 15.8 Å². The molecule has 248 valence electrons. The summed E-state index contributed by atoms with van der Waals surface area (Å²) < 4.78 is 0. The third-order valence-electron chi connectivity index (χ3n) is 11.1. The Morgan fingerprint density at radius 3 is 2.22 bits per heavy atom. The van der Waals surface area contributed by atoms with Gasteiger partial charge in [-0.3, -0.25) is 0 Å². The van der Waals surface area contributed by atoms with Crippen molar-refractivity contribution >= 4 is 20.4 Å². The molecule has 0 bridgehead atoms. The molecular weight excluding hydrogens is 608 g/mol. The highest BCUT2D eigenvalue weighted by molar-refractivity contribution is 7.23. The van der Waals surface area contributed by atoms with Gasteiger partial charge in [-0.2, -0.15) is 0 Å². The number of hydrogen-bond donors (Lipinski definition) is 0. The quantitative estimate of drug-likeness (QED) is 0.117. The Bertz CT molecular complexity index is 2020. The number of benzene rings is 4. The van der Waals surface area contributed by atoms with Crippen LogP contribution < -0.4 is 0 Å². The average molecular weight is 659 g/mol. The SMILES string of the molecule is C=CCC(C)(/C=C\C)C(C1=C(C)C=C(c2ccc3c(c2)C(=C(\P)Cc2ccccc2)/C(=C\C)C3)C1C)(c1ccccc1)c1ccccc1C. The lowest BCUT2D eigenvalue weighted by molar-refractivity contribution is 0.272. The highest BCUT2D eigenvalue weighted by Crippen LogP contribution is 2.61. The number of hydrogen-bond acceptors (Lipinski definition) is 0. The molecule has 2 aliphatic carbocycles. The van der Waals surface area contributed by atoms with Crippen LogP contribution in [0.25, 0.3) is 11.1 Å². The summed E-state index contributed by atoms with van der Waals surface area (Å²) in [5, 5.41) is 1.35. The van der Waals surface area contributed by atoms with E-state index in [1.807, 2.05) is 0 Å². The van der Waals surface area contributed by atoms with E-state index in [4.69, 9.17) is 0 Å². The maximum Gasteiger partial charge on any atom is 0.0516 e. The number of allylic oxidation sites excluding steroid dienone is 11. The molecule has 0 spiro atoms. The summed E-state index contributed by atoms with van der Waals surface area (Å²) >= 11 is 0. The molecular formula is C48H51P. The van der Waals surface area contributed by atoms with Crippen molar-refractivity contribution in [3.63, 3.8) is 0 Å². The first-order valence-electron chi connectivity index (χ1n) is 17.8. The van der Waals surface area contributed by atoms with Crippen molar-refractivity contribution in [1.82, 2.24) is 0 Å². The van der Waals surface area contributed by atoms with Gasteiger partial charge in [0.25, 0.3) is 0 Å². The topological polar surface area (TPSA) is 0 Å². The molecule has 2 aliphatic rings. The molecule has 4 aromatic rings. The van der Waals surface area contributed by atoms with E-state index in [0.717, 1.165) is 19.3 Å². The standard InChI is InChI=1S/C48H51P/c1-8-27-47(7,28-9-2)48(40-22-15-12-16-23-40,43-24-18-17-19-33(43)4)46-34(5)29-41(35(46)6)39-26-25-38-31-37(10-3)45(42(38)32-39)44(49)30-36-20-13-11-14-21-36/h8-26,28-29,32,35H,1,27,30-31,49H2,2-7H3/b28-9-,37-10-,45-44-. The molecule has 0 saturated heterocycles. The largest absolute Gasteiger partial charge is 0.109 e. The van der Waals surface area contributed by atoms with Gasteiger partial charge in [0, 0.05) is 11.3 Å². The first-order chi connectivity index (χ1) is 23.7. The zero-order valence-electron chi connectivity index (χ0n) is 30.2. The van der Waals surface area contributed by atoms with Crippen molar-refractivity contribution < 1.29 is 0 Å². The molecule has 4 aromatic carbocycles. The summed E-state index contributed by atoms with van der Waals surface area (Å²) in [5.41, 5.74) is 15.8. The van der Waals surface area contributed by atoms with Crippen molar-refractivity contribution in [2.75, 3.05) is 0 Å². The fourth-order valence-corrected chi connectivity index (χ4v) is 9.70. The van der Waals surface area contributed by atoms with Crippen LogP contribution in [-0.4, -0.2) is 0 Å². The maximum absolute atomic E-state index is 4.30. The van der Waals surface area contributed by atoms with E-state index in [1.54, 1.807) is 0 Å². The van der Waals surface area contributed by atoms with Crippen LogP contribution in [0.3, 0.4) is 0 Å². The second-order valence-electron chi connectivity index (χ2n) is 14.2. The van der Waals surface area contributed by atoms with E-state index < -0.39 is 5.41 Å². The molecule has 0 fully saturated rings. The third-order valence-corrected chi connectivity index (χ3v) is 11.6. The van der Waals surface area contributed by atoms with Crippen molar-refractivity contribution in [3.8, 4) is 0 Å². The van der Waals surface area contributed by atoms with Crippen LogP contribution in [0.4, 0.5) is 0 Å². The fourth-order valence-electron chi connectivity index (χ4n) is 9.12. The van der Waals surface area contributed by atoms with E-state index >= 15 is 0 Å². The molecule has 0 N–H and O–H groups in total. The molecule has 0 heterocycles. The highest BCUT2D eigenvalue weighted by atomic mass is 31.0. The molecule has 1 heteroatoms. The molecule has 0 radical (unpaired) electrons. The summed E-state index contributed by atoms with van der Waals surface area (Å²) in [7, 11) is 3.10.